The lowest BCUT2D eigenvalue weighted by atomic mass is 10.1. The molecule has 3 rings (SSSR count). The van der Waals surface area contributed by atoms with Crippen LogP contribution in [0.5, 0.6) is 11.5 Å². The summed E-state index contributed by atoms with van der Waals surface area (Å²) in [6.07, 6.45) is 1.19. The minimum atomic E-state index is -0.294. The molecule has 0 saturated carbocycles. The van der Waals surface area contributed by atoms with Gasteiger partial charge in [0.2, 0.25) is 11.8 Å². The minimum Gasteiger partial charge on any atom is -0.493 e. The normalized spacial score (nSPS) is 22.3. The summed E-state index contributed by atoms with van der Waals surface area (Å²) in [5, 5.41) is 0. The first kappa shape index (κ1) is 20.3. The Hall–Kier alpha value is -1.99. The molecule has 2 heterocycles. The molecule has 0 spiro atoms. The van der Waals surface area contributed by atoms with E-state index in [1.165, 1.54) is 0 Å². The van der Waals surface area contributed by atoms with Gasteiger partial charge in [-0.1, -0.05) is 0 Å². The van der Waals surface area contributed by atoms with E-state index in [-0.39, 0.29) is 36.6 Å². The predicted molar refractivity (Wildman–Crippen MR) is 101 cm³/mol. The fraction of sp³-hybridized carbons (Fsp3) is 0.556. The number of hydrogen-bond acceptors (Lipinski definition) is 5. The molecule has 8 heteroatoms. The van der Waals surface area contributed by atoms with Crippen molar-refractivity contribution in [3.8, 4) is 11.5 Å². The van der Waals surface area contributed by atoms with Crippen molar-refractivity contribution in [2.24, 2.45) is 17.6 Å². The van der Waals surface area contributed by atoms with Gasteiger partial charge in [0.15, 0.2) is 11.5 Å². The van der Waals surface area contributed by atoms with E-state index in [2.05, 4.69) is 0 Å². The highest BCUT2D eigenvalue weighted by Crippen LogP contribution is 2.34. The molecule has 1 aromatic carbocycles. The van der Waals surface area contributed by atoms with Crippen LogP contribution in [-0.2, 0) is 9.59 Å². The number of ether oxygens (including phenoxy) is 2. The van der Waals surface area contributed by atoms with E-state index in [0.717, 1.165) is 18.7 Å². The third-order valence-electron chi connectivity index (χ3n) is 5.08. The Morgan fingerprint density at radius 3 is 2.58 bits per heavy atom. The predicted octanol–water partition coefficient (Wildman–Crippen LogP) is 1.29. The summed E-state index contributed by atoms with van der Waals surface area (Å²) in [5.74, 6) is 1.27. The van der Waals surface area contributed by atoms with Gasteiger partial charge in [0.1, 0.15) is 0 Å². The molecule has 1 aromatic rings. The Kier molecular flexibility index (Phi) is 6.72. The first-order valence-electron chi connectivity index (χ1n) is 8.58. The van der Waals surface area contributed by atoms with E-state index < -0.39 is 0 Å². The fourth-order valence-electron chi connectivity index (χ4n) is 3.60. The van der Waals surface area contributed by atoms with Crippen molar-refractivity contribution in [2.45, 2.75) is 12.8 Å². The van der Waals surface area contributed by atoms with E-state index in [0.29, 0.717) is 37.1 Å². The van der Waals surface area contributed by atoms with Crippen LogP contribution in [0.25, 0.3) is 0 Å². The molecule has 2 fully saturated rings. The van der Waals surface area contributed by atoms with Gasteiger partial charge in [0, 0.05) is 37.8 Å². The summed E-state index contributed by atoms with van der Waals surface area (Å²) in [5.41, 5.74) is 6.42. The van der Waals surface area contributed by atoms with Gasteiger partial charge in [-0.05, 0) is 31.0 Å². The van der Waals surface area contributed by atoms with Gasteiger partial charge in [-0.2, -0.15) is 0 Å². The van der Waals surface area contributed by atoms with Gasteiger partial charge in [-0.15, -0.1) is 12.4 Å². The minimum absolute atomic E-state index is 0. The van der Waals surface area contributed by atoms with E-state index in [1.54, 1.807) is 31.3 Å². The molecular weight excluding hydrogens is 358 g/mol. The number of likely N-dealkylation sites (tertiary alicyclic amines) is 1. The Balaban J connectivity index is 0.00000243. The van der Waals surface area contributed by atoms with E-state index in [1.807, 2.05) is 11.0 Å². The van der Waals surface area contributed by atoms with Crippen LogP contribution in [0.15, 0.2) is 18.2 Å². The summed E-state index contributed by atoms with van der Waals surface area (Å²) in [7, 11) is 3.12. The summed E-state index contributed by atoms with van der Waals surface area (Å²) in [6, 6.07) is 5.35. The van der Waals surface area contributed by atoms with E-state index in [9.17, 15) is 9.59 Å². The van der Waals surface area contributed by atoms with Gasteiger partial charge in [-0.25, -0.2) is 0 Å². The monoisotopic (exact) mass is 383 g/mol. The highest BCUT2D eigenvalue weighted by molar-refractivity contribution is 6.00. The number of rotatable bonds is 5. The molecule has 0 radical (unpaired) electrons. The van der Waals surface area contributed by atoms with Crippen LogP contribution in [0.3, 0.4) is 0 Å². The van der Waals surface area contributed by atoms with Crippen molar-refractivity contribution < 1.29 is 19.1 Å². The lowest BCUT2D eigenvalue weighted by Gasteiger charge is -2.21. The number of carbonyl (C=O) groups is 2. The molecular formula is C18H26ClN3O4. The molecule has 2 aliphatic heterocycles. The first-order chi connectivity index (χ1) is 12.1. The topological polar surface area (TPSA) is 85.1 Å². The zero-order valence-electron chi connectivity index (χ0n) is 15.1. The van der Waals surface area contributed by atoms with Crippen molar-refractivity contribution in [1.82, 2.24) is 4.90 Å². The van der Waals surface area contributed by atoms with Gasteiger partial charge in [0.05, 0.1) is 20.1 Å². The Morgan fingerprint density at radius 1 is 1.23 bits per heavy atom. The molecule has 144 valence electrons. The van der Waals surface area contributed by atoms with Crippen molar-refractivity contribution in [2.75, 3.05) is 45.3 Å². The second kappa shape index (κ2) is 8.60. The summed E-state index contributed by atoms with van der Waals surface area (Å²) < 4.78 is 10.5. The molecule has 2 saturated heterocycles. The Labute approximate surface area is 159 Å². The van der Waals surface area contributed by atoms with Gasteiger partial charge < -0.3 is 25.0 Å². The van der Waals surface area contributed by atoms with Crippen LogP contribution in [0.1, 0.15) is 12.8 Å². The SMILES string of the molecule is COc1ccc(N2CC(C(=O)N3CCC(CN)C3)CC2=O)cc1OC.Cl. The highest BCUT2D eigenvalue weighted by atomic mass is 35.5. The zero-order chi connectivity index (χ0) is 18.0. The highest BCUT2D eigenvalue weighted by Gasteiger charge is 2.39. The first-order valence-corrected chi connectivity index (χ1v) is 8.58. The third kappa shape index (κ3) is 3.88. The number of hydrogen-bond donors (Lipinski definition) is 1. The quantitative estimate of drug-likeness (QED) is 0.828. The molecule has 2 unspecified atom stereocenters. The van der Waals surface area contributed by atoms with E-state index >= 15 is 0 Å². The fourth-order valence-corrected chi connectivity index (χ4v) is 3.60. The number of halogens is 1. The maximum Gasteiger partial charge on any atom is 0.228 e. The van der Waals surface area contributed by atoms with Crippen molar-refractivity contribution in [1.29, 1.82) is 0 Å². The molecule has 2 amide bonds. The van der Waals surface area contributed by atoms with Crippen LogP contribution in [0.4, 0.5) is 5.69 Å². The standard InChI is InChI=1S/C18H25N3O4.ClH/c1-24-15-4-3-14(8-16(15)25-2)21-11-13(7-17(21)22)18(23)20-6-5-12(9-19)10-20;/h3-4,8,12-13H,5-7,9-11,19H2,1-2H3;1H. The van der Waals surface area contributed by atoms with Crippen LogP contribution in [0.2, 0.25) is 0 Å². The molecule has 2 N–H and O–H groups in total. The lowest BCUT2D eigenvalue weighted by Crippen LogP contribution is -2.36. The van der Waals surface area contributed by atoms with Crippen molar-refractivity contribution in [3.63, 3.8) is 0 Å². The average molecular weight is 384 g/mol. The molecule has 0 aromatic heterocycles. The second-order valence-electron chi connectivity index (χ2n) is 6.62. The molecule has 0 aliphatic carbocycles. The molecule has 2 aliphatic rings. The maximum absolute atomic E-state index is 12.7. The number of nitrogens with zero attached hydrogens (tertiary/aromatic N) is 2. The Bertz CT molecular complexity index is 670. The summed E-state index contributed by atoms with van der Waals surface area (Å²) in [6.45, 7) is 2.44. The molecule has 0 bridgehead atoms. The van der Waals surface area contributed by atoms with Gasteiger partial charge in [0.25, 0.3) is 0 Å². The number of amides is 2. The molecule has 2 atom stereocenters. The van der Waals surface area contributed by atoms with Crippen molar-refractivity contribution >= 4 is 29.9 Å². The Morgan fingerprint density at radius 2 is 1.96 bits per heavy atom. The van der Waals surface area contributed by atoms with Crippen LogP contribution >= 0.6 is 12.4 Å². The summed E-state index contributed by atoms with van der Waals surface area (Å²) in [4.78, 5) is 28.7. The number of nitrogens with two attached hydrogens (primary N) is 1. The third-order valence-corrected chi connectivity index (χ3v) is 5.08. The smallest absolute Gasteiger partial charge is 0.228 e. The van der Waals surface area contributed by atoms with Crippen LogP contribution < -0.4 is 20.1 Å². The van der Waals surface area contributed by atoms with Crippen LogP contribution in [0, 0.1) is 11.8 Å². The summed E-state index contributed by atoms with van der Waals surface area (Å²) >= 11 is 0. The zero-order valence-corrected chi connectivity index (χ0v) is 16.0. The molecule has 7 nitrogen and oxygen atoms in total. The molecule has 26 heavy (non-hydrogen) atoms. The number of methoxy groups -OCH3 is 2. The van der Waals surface area contributed by atoms with Gasteiger partial charge >= 0.3 is 0 Å². The van der Waals surface area contributed by atoms with Crippen LogP contribution in [-0.4, -0.2) is 57.1 Å². The number of carbonyl (C=O) groups excluding carboxylic acids is 2. The number of anilines is 1. The van der Waals surface area contributed by atoms with Crippen molar-refractivity contribution in [3.05, 3.63) is 18.2 Å². The largest absolute Gasteiger partial charge is 0.493 e. The number of benzene rings is 1. The maximum atomic E-state index is 12.7. The average Bonchev–Trinajstić information content (AvgIpc) is 3.27. The van der Waals surface area contributed by atoms with E-state index in [4.69, 9.17) is 15.2 Å². The second-order valence-corrected chi connectivity index (χ2v) is 6.62. The van der Waals surface area contributed by atoms with Gasteiger partial charge in [-0.3, -0.25) is 9.59 Å². The lowest BCUT2D eigenvalue weighted by molar-refractivity contribution is -0.134.